The number of aromatic nitrogens is 2. The van der Waals surface area contributed by atoms with Crippen molar-refractivity contribution in [1.82, 2.24) is 14.9 Å². The zero-order valence-electron chi connectivity index (χ0n) is 17.2. The number of hydrogen-bond acceptors (Lipinski definition) is 2. The number of nitrogens with zero attached hydrogens (tertiary/aromatic N) is 2. The molecule has 4 aromatic rings. The van der Waals surface area contributed by atoms with E-state index >= 15 is 0 Å². The summed E-state index contributed by atoms with van der Waals surface area (Å²) < 4.78 is 16.3. The largest absolute Gasteiger partial charge is 0.352 e. The van der Waals surface area contributed by atoms with Crippen molar-refractivity contribution >= 4 is 16.9 Å². The zero-order chi connectivity index (χ0) is 21.1. The van der Waals surface area contributed by atoms with Crippen molar-refractivity contribution < 1.29 is 9.18 Å². The Morgan fingerprint density at radius 2 is 1.80 bits per heavy atom. The first-order valence-electron chi connectivity index (χ1n) is 10.1. The lowest BCUT2D eigenvalue weighted by Crippen LogP contribution is -2.27. The van der Waals surface area contributed by atoms with E-state index in [2.05, 4.69) is 5.32 Å². The smallest absolute Gasteiger partial charge is 0.251 e. The Labute approximate surface area is 175 Å². The van der Waals surface area contributed by atoms with Crippen molar-refractivity contribution in [3.63, 3.8) is 0 Å². The number of para-hydroxylation sites is 2. The number of amides is 1. The second kappa shape index (κ2) is 8.49. The van der Waals surface area contributed by atoms with Gasteiger partial charge in [0.25, 0.3) is 5.91 Å². The molecule has 3 aromatic carbocycles. The summed E-state index contributed by atoms with van der Waals surface area (Å²) in [4.78, 5) is 17.3. The van der Waals surface area contributed by atoms with Gasteiger partial charge in [0.15, 0.2) is 0 Å². The van der Waals surface area contributed by atoms with Gasteiger partial charge >= 0.3 is 0 Å². The molecule has 1 heterocycles. The summed E-state index contributed by atoms with van der Waals surface area (Å²) in [6.45, 7) is 4.80. The van der Waals surface area contributed by atoms with E-state index in [0.29, 0.717) is 30.6 Å². The molecule has 0 unspecified atom stereocenters. The van der Waals surface area contributed by atoms with E-state index in [9.17, 15) is 9.18 Å². The predicted molar refractivity (Wildman–Crippen MR) is 117 cm³/mol. The van der Waals surface area contributed by atoms with Crippen molar-refractivity contribution in [2.75, 3.05) is 6.54 Å². The van der Waals surface area contributed by atoms with Crippen molar-refractivity contribution in [2.24, 2.45) is 0 Å². The number of hydrogen-bond donors (Lipinski definition) is 1. The maximum atomic E-state index is 14.2. The first-order valence-corrected chi connectivity index (χ1v) is 10.1. The fourth-order valence-corrected chi connectivity index (χ4v) is 3.74. The monoisotopic (exact) mass is 401 g/mol. The third-order valence-corrected chi connectivity index (χ3v) is 5.28. The number of imidazole rings is 1. The van der Waals surface area contributed by atoms with E-state index in [1.807, 2.05) is 66.9 Å². The van der Waals surface area contributed by atoms with E-state index in [0.717, 1.165) is 28.0 Å². The molecule has 4 nitrogen and oxygen atoms in total. The van der Waals surface area contributed by atoms with Gasteiger partial charge in [-0.1, -0.05) is 48.0 Å². The van der Waals surface area contributed by atoms with Gasteiger partial charge in [0.2, 0.25) is 0 Å². The third-order valence-electron chi connectivity index (χ3n) is 5.28. The van der Waals surface area contributed by atoms with Crippen LogP contribution >= 0.6 is 0 Å². The van der Waals surface area contributed by atoms with Crippen LogP contribution in [0.1, 0.15) is 32.9 Å². The van der Waals surface area contributed by atoms with Crippen molar-refractivity contribution in [3.8, 4) is 0 Å². The number of benzene rings is 3. The Morgan fingerprint density at radius 3 is 2.60 bits per heavy atom. The highest BCUT2D eigenvalue weighted by Gasteiger charge is 2.14. The fraction of sp³-hybridized carbons (Fsp3) is 0.200. The number of nitrogens with one attached hydrogen (secondary N) is 1. The molecule has 0 aliphatic rings. The average molecular weight is 401 g/mol. The summed E-state index contributed by atoms with van der Waals surface area (Å²) in [5.41, 5.74) is 5.20. The van der Waals surface area contributed by atoms with Crippen LogP contribution in [0.2, 0.25) is 0 Å². The molecular formula is C25H24FN3O. The molecule has 0 aliphatic heterocycles. The molecule has 0 fully saturated rings. The Morgan fingerprint density at radius 1 is 1.03 bits per heavy atom. The summed E-state index contributed by atoms with van der Waals surface area (Å²) in [6, 6.07) is 20.4. The summed E-state index contributed by atoms with van der Waals surface area (Å²) >= 11 is 0. The second-order valence-corrected chi connectivity index (χ2v) is 7.52. The van der Waals surface area contributed by atoms with E-state index < -0.39 is 0 Å². The quantitative estimate of drug-likeness (QED) is 0.504. The lowest BCUT2D eigenvalue weighted by Gasteiger charge is -2.11. The molecule has 0 saturated carbocycles. The Hall–Kier alpha value is -3.47. The molecule has 4 rings (SSSR count). The van der Waals surface area contributed by atoms with Gasteiger partial charge in [0, 0.05) is 24.1 Å². The number of aryl methyl sites for hydroxylation is 2. The summed E-state index contributed by atoms with van der Waals surface area (Å²) in [5.74, 6) is 0.494. The van der Waals surface area contributed by atoms with Crippen LogP contribution in [-0.4, -0.2) is 22.0 Å². The van der Waals surface area contributed by atoms with E-state index in [-0.39, 0.29) is 11.7 Å². The number of fused-ring (bicyclic) bond motifs is 1. The molecule has 0 saturated heterocycles. The minimum Gasteiger partial charge on any atom is -0.352 e. The lowest BCUT2D eigenvalue weighted by molar-refractivity contribution is 0.0953. The van der Waals surface area contributed by atoms with Crippen LogP contribution in [0, 0.1) is 19.7 Å². The van der Waals surface area contributed by atoms with E-state index in [4.69, 9.17) is 4.98 Å². The maximum Gasteiger partial charge on any atom is 0.251 e. The Kier molecular flexibility index (Phi) is 5.61. The molecule has 1 aromatic heterocycles. The highest BCUT2D eigenvalue weighted by molar-refractivity contribution is 5.95. The first kappa shape index (κ1) is 19.8. The minimum absolute atomic E-state index is 0.0933. The van der Waals surface area contributed by atoms with Crippen LogP contribution in [0.5, 0.6) is 0 Å². The molecular weight excluding hydrogens is 377 g/mol. The number of carbonyl (C=O) groups excluding carboxylic acids is 1. The number of carbonyl (C=O) groups is 1. The molecule has 0 aliphatic carbocycles. The van der Waals surface area contributed by atoms with Gasteiger partial charge in [-0.05, 0) is 43.7 Å². The molecule has 0 atom stereocenters. The molecule has 30 heavy (non-hydrogen) atoms. The Balaban J connectivity index is 1.54. The Bertz CT molecular complexity index is 1210. The van der Waals surface area contributed by atoms with Crippen molar-refractivity contribution in [1.29, 1.82) is 0 Å². The molecule has 0 radical (unpaired) electrons. The maximum absolute atomic E-state index is 14.2. The third kappa shape index (κ3) is 4.10. The van der Waals surface area contributed by atoms with Crippen LogP contribution < -0.4 is 5.32 Å². The minimum atomic E-state index is -0.232. The predicted octanol–water partition coefficient (Wildman–Crippen LogP) is 4.81. The SMILES string of the molecule is Cc1ccc(C(=O)NCCc2nc3ccccc3n2Cc2ccccc2F)c(C)c1. The molecule has 0 spiro atoms. The van der Waals surface area contributed by atoms with Gasteiger partial charge in [0.05, 0.1) is 17.6 Å². The highest BCUT2D eigenvalue weighted by Crippen LogP contribution is 2.19. The van der Waals surface area contributed by atoms with Gasteiger partial charge < -0.3 is 9.88 Å². The number of halogens is 1. The summed E-state index contributed by atoms with van der Waals surface area (Å²) in [7, 11) is 0. The van der Waals surface area contributed by atoms with Crippen LogP contribution in [0.15, 0.2) is 66.7 Å². The highest BCUT2D eigenvalue weighted by atomic mass is 19.1. The van der Waals surface area contributed by atoms with Gasteiger partial charge in [-0.25, -0.2) is 9.37 Å². The zero-order valence-corrected chi connectivity index (χ0v) is 17.2. The fourth-order valence-electron chi connectivity index (χ4n) is 3.74. The van der Waals surface area contributed by atoms with Gasteiger partial charge in [-0.3, -0.25) is 4.79 Å². The standard InChI is InChI=1S/C25H24FN3O/c1-17-11-12-20(18(2)15-17)25(30)27-14-13-24-28-22-9-5-6-10-23(22)29(24)16-19-7-3-4-8-21(19)26/h3-12,15H,13-14,16H2,1-2H3,(H,27,30). The van der Waals surface area contributed by atoms with Gasteiger partial charge in [-0.15, -0.1) is 0 Å². The normalized spacial score (nSPS) is 11.0. The van der Waals surface area contributed by atoms with Crippen molar-refractivity contribution in [2.45, 2.75) is 26.8 Å². The van der Waals surface area contributed by atoms with E-state index in [1.165, 1.54) is 6.07 Å². The summed E-state index contributed by atoms with van der Waals surface area (Å²) in [5, 5.41) is 2.99. The average Bonchev–Trinajstić information content (AvgIpc) is 3.07. The molecule has 1 N–H and O–H groups in total. The van der Waals surface area contributed by atoms with Crippen LogP contribution in [0.25, 0.3) is 11.0 Å². The molecule has 152 valence electrons. The number of rotatable bonds is 6. The topological polar surface area (TPSA) is 46.9 Å². The molecule has 5 heteroatoms. The molecule has 0 bridgehead atoms. The summed E-state index contributed by atoms with van der Waals surface area (Å²) in [6.07, 6.45) is 0.555. The van der Waals surface area contributed by atoms with Crippen LogP contribution in [0.3, 0.4) is 0 Å². The van der Waals surface area contributed by atoms with Gasteiger partial charge in [-0.2, -0.15) is 0 Å². The van der Waals surface area contributed by atoms with Crippen molar-refractivity contribution in [3.05, 3.63) is 101 Å². The van der Waals surface area contributed by atoms with Gasteiger partial charge in [0.1, 0.15) is 11.6 Å². The van der Waals surface area contributed by atoms with Crippen LogP contribution in [0.4, 0.5) is 4.39 Å². The lowest BCUT2D eigenvalue weighted by atomic mass is 10.1. The second-order valence-electron chi connectivity index (χ2n) is 7.52. The van der Waals surface area contributed by atoms with Crippen LogP contribution in [-0.2, 0) is 13.0 Å². The molecule has 1 amide bonds. The first-order chi connectivity index (χ1) is 14.5. The van der Waals surface area contributed by atoms with E-state index in [1.54, 1.807) is 12.1 Å².